The van der Waals surface area contributed by atoms with Crippen LogP contribution in [0.2, 0.25) is 0 Å². The van der Waals surface area contributed by atoms with Crippen molar-refractivity contribution in [2.24, 2.45) is 17.8 Å². The largest absolute Gasteiger partial charge is 0.385 e. The predicted molar refractivity (Wildman–Crippen MR) is 103 cm³/mol. The Hall–Kier alpha value is -2.32. The number of hydrogen-bond donors (Lipinski definition) is 2. The lowest BCUT2D eigenvalue weighted by Gasteiger charge is -2.29. The van der Waals surface area contributed by atoms with Crippen LogP contribution in [-0.2, 0) is 24.7 Å². The SMILES string of the molecule is COCCCN1C(=O)[C@@H]2C(CC(C)C)NC3(C(=O)Nc4ccc(F)cc43)[C@@H]2C1=O. The van der Waals surface area contributed by atoms with Crippen molar-refractivity contribution >= 4 is 23.4 Å². The van der Waals surface area contributed by atoms with Gasteiger partial charge in [-0.3, -0.25) is 24.6 Å². The fourth-order valence-electron chi connectivity index (χ4n) is 5.13. The molecule has 0 saturated carbocycles. The molecule has 7 nitrogen and oxygen atoms in total. The minimum atomic E-state index is -1.43. The lowest BCUT2D eigenvalue weighted by Crippen LogP contribution is -2.53. The summed E-state index contributed by atoms with van der Waals surface area (Å²) < 4.78 is 19.1. The highest BCUT2D eigenvalue weighted by Gasteiger charge is 2.70. The molecule has 1 spiro atoms. The smallest absolute Gasteiger partial charge is 0.250 e. The van der Waals surface area contributed by atoms with Gasteiger partial charge in [0.1, 0.15) is 11.4 Å². The van der Waals surface area contributed by atoms with Gasteiger partial charge >= 0.3 is 0 Å². The van der Waals surface area contributed by atoms with E-state index in [1.165, 1.54) is 23.1 Å². The van der Waals surface area contributed by atoms with Crippen LogP contribution in [0.4, 0.5) is 10.1 Å². The fraction of sp³-hybridized carbons (Fsp3) is 0.571. The van der Waals surface area contributed by atoms with Gasteiger partial charge in [0.15, 0.2) is 0 Å². The van der Waals surface area contributed by atoms with Gasteiger partial charge in [-0.25, -0.2) is 4.39 Å². The van der Waals surface area contributed by atoms with E-state index in [2.05, 4.69) is 10.6 Å². The Balaban J connectivity index is 1.79. The van der Waals surface area contributed by atoms with Crippen molar-refractivity contribution in [3.8, 4) is 0 Å². The van der Waals surface area contributed by atoms with Gasteiger partial charge in [0, 0.05) is 37.6 Å². The number of imide groups is 1. The molecule has 4 rings (SSSR count). The van der Waals surface area contributed by atoms with Crippen LogP contribution in [0.25, 0.3) is 0 Å². The number of carbonyl (C=O) groups excluding carboxylic acids is 3. The van der Waals surface area contributed by atoms with E-state index < -0.39 is 29.1 Å². The average Bonchev–Trinajstić information content (AvgIpc) is 3.22. The van der Waals surface area contributed by atoms with Crippen molar-refractivity contribution in [1.82, 2.24) is 10.2 Å². The minimum Gasteiger partial charge on any atom is -0.385 e. The zero-order valence-electron chi connectivity index (χ0n) is 16.8. The van der Waals surface area contributed by atoms with Gasteiger partial charge < -0.3 is 10.1 Å². The van der Waals surface area contributed by atoms with Crippen LogP contribution in [-0.4, -0.2) is 48.9 Å². The summed E-state index contributed by atoms with van der Waals surface area (Å²) >= 11 is 0. The predicted octanol–water partition coefficient (Wildman–Crippen LogP) is 1.63. The molecule has 2 fully saturated rings. The van der Waals surface area contributed by atoms with Crippen LogP contribution in [0.3, 0.4) is 0 Å². The standard InChI is InChI=1S/C21H26FN3O4/c1-11(2)9-15-16-17(19(27)25(18(16)26)7-4-8-29-3)21(24-15)13-10-12(22)5-6-14(13)23-20(21)28/h5-6,10-11,15-17,24H,4,7-9H2,1-3H3,(H,23,28)/t15?,16-,17+,21?/m1/s1. The van der Waals surface area contributed by atoms with E-state index in [9.17, 15) is 18.8 Å². The number of rotatable bonds is 6. The molecule has 29 heavy (non-hydrogen) atoms. The Morgan fingerprint density at radius 1 is 1.24 bits per heavy atom. The van der Waals surface area contributed by atoms with Crippen molar-refractivity contribution in [3.63, 3.8) is 0 Å². The van der Waals surface area contributed by atoms with Crippen molar-refractivity contribution < 1.29 is 23.5 Å². The van der Waals surface area contributed by atoms with E-state index in [1.807, 2.05) is 13.8 Å². The number of ether oxygens (including phenoxy) is 1. The first kappa shape index (κ1) is 20.0. The molecule has 2 N–H and O–H groups in total. The van der Waals surface area contributed by atoms with E-state index in [4.69, 9.17) is 4.74 Å². The molecular formula is C21H26FN3O4. The van der Waals surface area contributed by atoms with Crippen LogP contribution >= 0.6 is 0 Å². The van der Waals surface area contributed by atoms with Gasteiger partial charge in [-0.1, -0.05) is 13.8 Å². The average molecular weight is 403 g/mol. The Morgan fingerprint density at radius 2 is 2.00 bits per heavy atom. The number of anilines is 1. The second-order valence-corrected chi connectivity index (χ2v) is 8.51. The van der Waals surface area contributed by atoms with Gasteiger partial charge in [-0.15, -0.1) is 0 Å². The summed E-state index contributed by atoms with van der Waals surface area (Å²) in [6.07, 6.45) is 1.16. The Labute approximate surface area is 169 Å². The van der Waals surface area contributed by atoms with E-state index in [1.54, 1.807) is 7.11 Å². The van der Waals surface area contributed by atoms with Gasteiger partial charge in [-0.2, -0.15) is 0 Å². The number of amides is 3. The van der Waals surface area contributed by atoms with Crippen LogP contribution in [0, 0.1) is 23.6 Å². The second-order valence-electron chi connectivity index (χ2n) is 8.51. The number of nitrogens with one attached hydrogen (secondary N) is 2. The third-order valence-corrected chi connectivity index (χ3v) is 6.22. The maximum Gasteiger partial charge on any atom is 0.250 e. The molecule has 156 valence electrons. The van der Waals surface area contributed by atoms with Crippen LogP contribution in [0.1, 0.15) is 32.3 Å². The van der Waals surface area contributed by atoms with Crippen LogP contribution in [0.5, 0.6) is 0 Å². The first-order valence-electron chi connectivity index (χ1n) is 10.0. The number of fused-ring (bicyclic) bond motifs is 4. The molecule has 2 saturated heterocycles. The highest BCUT2D eigenvalue weighted by Crippen LogP contribution is 2.53. The van der Waals surface area contributed by atoms with E-state index in [0.29, 0.717) is 30.7 Å². The van der Waals surface area contributed by atoms with E-state index in [-0.39, 0.29) is 30.3 Å². The van der Waals surface area contributed by atoms with Crippen molar-refractivity contribution in [2.75, 3.05) is 25.6 Å². The number of likely N-dealkylation sites (tertiary alicyclic amines) is 1. The van der Waals surface area contributed by atoms with E-state index in [0.717, 1.165) is 0 Å². The van der Waals surface area contributed by atoms with Crippen molar-refractivity contribution in [2.45, 2.75) is 38.3 Å². The van der Waals surface area contributed by atoms with Gasteiger partial charge in [0.25, 0.3) is 0 Å². The summed E-state index contributed by atoms with van der Waals surface area (Å²) in [6.45, 7) is 4.74. The summed E-state index contributed by atoms with van der Waals surface area (Å²) in [5, 5.41) is 6.09. The quantitative estimate of drug-likeness (QED) is 0.557. The highest BCUT2D eigenvalue weighted by atomic mass is 19.1. The molecule has 3 amide bonds. The van der Waals surface area contributed by atoms with Crippen molar-refractivity contribution in [3.05, 3.63) is 29.6 Å². The fourth-order valence-corrected chi connectivity index (χ4v) is 5.13. The number of carbonyl (C=O) groups is 3. The zero-order chi connectivity index (χ0) is 20.9. The molecule has 0 radical (unpaired) electrons. The van der Waals surface area contributed by atoms with E-state index >= 15 is 0 Å². The molecule has 0 aromatic heterocycles. The third kappa shape index (κ3) is 2.88. The lowest BCUT2D eigenvalue weighted by molar-refractivity contribution is -0.143. The molecule has 0 aliphatic carbocycles. The Kier molecular flexibility index (Phi) is 4.94. The maximum absolute atomic E-state index is 14.1. The molecule has 3 aliphatic heterocycles. The van der Waals surface area contributed by atoms with Crippen LogP contribution < -0.4 is 10.6 Å². The summed E-state index contributed by atoms with van der Waals surface area (Å²) in [4.78, 5) is 41.0. The van der Waals surface area contributed by atoms with Crippen LogP contribution in [0.15, 0.2) is 18.2 Å². The highest BCUT2D eigenvalue weighted by molar-refractivity contribution is 6.15. The summed E-state index contributed by atoms with van der Waals surface area (Å²) in [7, 11) is 1.56. The molecule has 0 bridgehead atoms. The Morgan fingerprint density at radius 3 is 2.69 bits per heavy atom. The molecular weight excluding hydrogens is 377 g/mol. The van der Waals surface area contributed by atoms with Gasteiger partial charge in [0.2, 0.25) is 17.7 Å². The molecule has 8 heteroatoms. The Bertz CT molecular complexity index is 873. The number of nitrogens with zero attached hydrogens (tertiary/aromatic N) is 1. The first-order chi connectivity index (χ1) is 13.8. The lowest BCUT2D eigenvalue weighted by atomic mass is 9.76. The molecule has 3 heterocycles. The number of hydrogen-bond acceptors (Lipinski definition) is 5. The molecule has 1 aromatic carbocycles. The number of benzene rings is 1. The monoisotopic (exact) mass is 403 g/mol. The summed E-state index contributed by atoms with van der Waals surface area (Å²) in [6, 6.07) is 3.72. The maximum atomic E-state index is 14.1. The molecule has 3 aliphatic rings. The van der Waals surface area contributed by atoms with Gasteiger partial charge in [0.05, 0.1) is 11.8 Å². The molecule has 4 atom stereocenters. The normalized spacial score (nSPS) is 30.4. The second kappa shape index (κ2) is 7.18. The molecule has 1 aromatic rings. The number of halogens is 1. The topological polar surface area (TPSA) is 87.7 Å². The molecule has 2 unspecified atom stereocenters. The first-order valence-corrected chi connectivity index (χ1v) is 10.0. The summed E-state index contributed by atoms with van der Waals surface area (Å²) in [5.74, 6) is -2.80. The third-order valence-electron chi connectivity index (χ3n) is 6.22. The zero-order valence-corrected chi connectivity index (χ0v) is 16.8. The van der Waals surface area contributed by atoms with Gasteiger partial charge in [-0.05, 0) is 37.0 Å². The summed E-state index contributed by atoms with van der Waals surface area (Å²) in [5.41, 5.74) is -0.542. The van der Waals surface area contributed by atoms with Crippen molar-refractivity contribution in [1.29, 1.82) is 0 Å². The minimum absolute atomic E-state index is 0.251. The number of methoxy groups -OCH3 is 1.